The molecule has 1 aliphatic heterocycles. The molecule has 1 aliphatic rings. The lowest BCUT2D eigenvalue weighted by Crippen LogP contribution is -2.37. The Morgan fingerprint density at radius 2 is 1.65 bits per heavy atom. The Morgan fingerprint density at radius 3 is 2.41 bits per heavy atom. The number of nitrogens with zero attached hydrogens (tertiary/aromatic N) is 3. The molecule has 0 aromatic heterocycles. The number of anilines is 2. The lowest BCUT2D eigenvalue weighted by Gasteiger charge is -2.19. The summed E-state index contributed by atoms with van der Waals surface area (Å²) in [5, 5.41) is 12.9. The molecule has 0 saturated heterocycles. The summed E-state index contributed by atoms with van der Waals surface area (Å²) in [7, 11) is 3.87. The Hall–Kier alpha value is -4.93. The minimum Gasteiger partial charge on any atom is -0.486 e. The van der Waals surface area contributed by atoms with Gasteiger partial charge in [0, 0.05) is 31.5 Å². The van der Waals surface area contributed by atoms with Crippen molar-refractivity contribution < 1.29 is 28.6 Å². The number of amides is 3. The number of rotatable bonds is 7. The number of esters is 1. The van der Waals surface area contributed by atoms with E-state index in [0.29, 0.717) is 36.1 Å². The molecule has 0 radical (unpaired) electrons. The van der Waals surface area contributed by atoms with E-state index in [2.05, 4.69) is 20.9 Å². The zero-order valence-electron chi connectivity index (χ0n) is 20.3. The summed E-state index contributed by atoms with van der Waals surface area (Å²) in [5.74, 6) is -0.517. The monoisotopic (exact) mass is 503 g/mol. The SMILES string of the molecule is CN(C)c1ccc(N=Nc2ccccc2C(=O)OCC(=O)NC(=O)Nc2ccc3c(c2)OCCO3)cc1. The molecule has 0 saturated carbocycles. The maximum atomic E-state index is 12.6. The van der Waals surface area contributed by atoms with Gasteiger partial charge in [0.25, 0.3) is 5.91 Å². The van der Waals surface area contributed by atoms with E-state index in [9.17, 15) is 14.4 Å². The zero-order chi connectivity index (χ0) is 26.2. The maximum absolute atomic E-state index is 12.6. The van der Waals surface area contributed by atoms with Crippen molar-refractivity contribution >= 4 is 40.7 Å². The van der Waals surface area contributed by atoms with Crippen LogP contribution in [0, 0.1) is 0 Å². The minimum atomic E-state index is -0.802. The van der Waals surface area contributed by atoms with Crippen molar-refractivity contribution in [2.75, 3.05) is 44.1 Å². The highest BCUT2D eigenvalue weighted by molar-refractivity contribution is 6.03. The first-order valence-corrected chi connectivity index (χ1v) is 11.3. The van der Waals surface area contributed by atoms with E-state index in [0.717, 1.165) is 5.69 Å². The number of fused-ring (bicyclic) bond motifs is 1. The molecule has 1 heterocycles. The maximum Gasteiger partial charge on any atom is 0.340 e. The number of nitrogens with one attached hydrogen (secondary N) is 2. The number of ether oxygens (including phenoxy) is 3. The largest absolute Gasteiger partial charge is 0.486 e. The molecule has 37 heavy (non-hydrogen) atoms. The summed E-state index contributed by atoms with van der Waals surface area (Å²) in [6.45, 7) is 0.192. The second-order valence-electron chi connectivity index (χ2n) is 8.06. The summed E-state index contributed by atoms with van der Waals surface area (Å²) in [4.78, 5) is 38.8. The van der Waals surface area contributed by atoms with Crippen molar-refractivity contribution in [3.8, 4) is 11.5 Å². The van der Waals surface area contributed by atoms with Gasteiger partial charge in [-0.2, -0.15) is 5.11 Å². The molecule has 3 amide bonds. The topological polar surface area (TPSA) is 131 Å². The molecular formula is C26H25N5O6. The number of carbonyl (C=O) groups excluding carboxylic acids is 3. The van der Waals surface area contributed by atoms with Gasteiger partial charge < -0.3 is 24.4 Å². The molecule has 3 aromatic rings. The fourth-order valence-electron chi connectivity index (χ4n) is 3.32. The van der Waals surface area contributed by atoms with Crippen molar-refractivity contribution in [3.63, 3.8) is 0 Å². The Morgan fingerprint density at radius 1 is 0.919 bits per heavy atom. The Balaban J connectivity index is 1.30. The van der Waals surface area contributed by atoms with Crippen LogP contribution in [0.5, 0.6) is 11.5 Å². The summed E-state index contributed by atoms with van der Waals surface area (Å²) >= 11 is 0. The standard InChI is InChI=1S/C26H25N5O6/c1-31(2)19-10-7-17(8-11-19)29-30-21-6-4-3-5-20(21)25(33)37-16-24(32)28-26(34)27-18-9-12-22-23(15-18)36-14-13-35-22/h3-12,15H,13-14,16H2,1-2H3,(H2,27,28,32,34). The Bertz CT molecular complexity index is 1320. The van der Waals surface area contributed by atoms with Crippen LogP contribution in [0.1, 0.15) is 10.4 Å². The molecule has 190 valence electrons. The average molecular weight is 504 g/mol. The molecule has 0 unspecified atom stereocenters. The van der Waals surface area contributed by atoms with Gasteiger partial charge in [0.05, 0.1) is 11.3 Å². The molecule has 0 bridgehead atoms. The van der Waals surface area contributed by atoms with Crippen LogP contribution in [0.2, 0.25) is 0 Å². The molecular weight excluding hydrogens is 478 g/mol. The van der Waals surface area contributed by atoms with Gasteiger partial charge in [-0.25, -0.2) is 9.59 Å². The van der Waals surface area contributed by atoms with Crippen molar-refractivity contribution in [2.24, 2.45) is 10.2 Å². The summed E-state index contributed by atoms with van der Waals surface area (Å²) < 4.78 is 16.0. The van der Waals surface area contributed by atoms with Crippen LogP contribution in [-0.4, -0.2) is 51.8 Å². The van der Waals surface area contributed by atoms with Gasteiger partial charge in [0.1, 0.15) is 18.9 Å². The van der Waals surface area contributed by atoms with Crippen LogP contribution in [0.25, 0.3) is 0 Å². The Labute approximate surface area is 213 Å². The Kier molecular flexibility index (Phi) is 7.94. The van der Waals surface area contributed by atoms with Crippen molar-refractivity contribution in [2.45, 2.75) is 0 Å². The van der Waals surface area contributed by atoms with Crippen LogP contribution in [0.3, 0.4) is 0 Å². The smallest absolute Gasteiger partial charge is 0.340 e. The van der Waals surface area contributed by atoms with Crippen molar-refractivity contribution in [1.82, 2.24) is 5.32 Å². The van der Waals surface area contributed by atoms with E-state index in [1.807, 2.05) is 31.1 Å². The number of imide groups is 1. The number of hydrogen-bond acceptors (Lipinski definition) is 9. The first-order valence-electron chi connectivity index (χ1n) is 11.3. The van der Waals surface area contributed by atoms with E-state index in [4.69, 9.17) is 14.2 Å². The highest BCUT2D eigenvalue weighted by Crippen LogP contribution is 2.32. The van der Waals surface area contributed by atoms with E-state index in [1.165, 1.54) is 6.07 Å². The zero-order valence-corrected chi connectivity index (χ0v) is 20.3. The summed E-state index contributed by atoms with van der Waals surface area (Å²) in [5.41, 5.74) is 2.44. The molecule has 11 nitrogen and oxygen atoms in total. The van der Waals surface area contributed by atoms with E-state index < -0.39 is 24.5 Å². The first kappa shape index (κ1) is 25.2. The minimum absolute atomic E-state index is 0.129. The highest BCUT2D eigenvalue weighted by Gasteiger charge is 2.17. The third kappa shape index (κ3) is 6.82. The van der Waals surface area contributed by atoms with Crippen LogP contribution >= 0.6 is 0 Å². The van der Waals surface area contributed by atoms with Crippen LogP contribution in [-0.2, 0) is 9.53 Å². The summed E-state index contributed by atoms with van der Waals surface area (Å²) in [6.07, 6.45) is 0. The third-order valence-corrected chi connectivity index (χ3v) is 5.15. The van der Waals surface area contributed by atoms with Gasteiger partial charge in [0.15, 0.2) is 18.1 Å². The highest BCUT2D eigenvalue weighted by atomic mass is 16.6. The molecule has 0 spiro atoms. The number of urea groups is 1. The van der Waals surface area contributed by atoms with Gasteiger partial charge >= 0.3 is 12.0 Å². The van der Waals surface area contributed by atoms with Gasteiger partial charge in [-0.3, -0.25) is 10.1 Å². The van der Waals surface area contributed by atoms with E-state index >= 15 is 0 Å². The number of azo groups is 1. The normalized spacial score (nSPS) is 12.1. The molecule has 3 aromatic carbocycles. The third-order valence-electron chi connectivity index (χ3n) is 5.15. The molecule has 11 heteroatoms. The lowest BCUT2D eigenvalue weighted by atomic mass is 10.2. The van der Waals surface area contributed by atoms with Crippen LogP contribution < -0.4 is 25.0 Å². The van der Waals surface area contributed by atoms with Crippen molar-refractivity contribution in [1.29, 1.82) is 0 Å². The predicted octanol–water partition coefficient (Wildman–Crippen LogP) is 4.44. The summed E-state index contributed by atoms with van der Waals surface area (Å²) in [6, 6.07) is 17.9. The molecule has 2 N–H and O–H groups in total. The second-order valence-corrected chi connectivity index (χ2v) is 8.06. The molecule has 0 aliphatic carbocycles. The van der Waals surface area contributed by atoms with Gasteiger partial charge in [-0.1, -0.05) is 12.1 Å². The fraction of sp³-hybridized carbons (Fsp3) is 0.192. The van der Waals surface area contributed by atoms with Gasteiger partial charge in [0.2, 0.25) is 0 Å². The van der Waals surface area contributed by atoms with Crippen LogP contribution in [0.4, 0.5) is 27.5 Å². The fourth-order valence-corrected chi connectivity index (χ4v) is 3.32. The number of carbonyl (C=O) groups is 3. The molecule has 0 fully saturated rings. The second kappa shape index (κ2) is 11.7. The van der Waals surface area contributed by atoms with Crippen LogP contribution in [0.15, 0.2) is 77.0 Å². The van der Waals surface area contributed by atoms with Crippen molar-refractivity contribution in [3.05, 3.63) is 72.3 Å². The molecule has 0 atom stereocenters. The first-order chi connectivity index (χ1) is 17.9. The number of hydrogen-bond donors (Lipinski definition) is 2. The van der Waals surface area contributed by atoms with E-state index in [-0.39, 0.29) is 11.3 Å². The van der Waals surface area contributed by atoms with E-state index in [1.54, 1.807) is 48.5 Å². The quantitative estimate of drug-likeness (QED) is 0.360. The lowest BCUT2D eigenvalue weighted by molar-refractivity contribution is -0.123. The molecule has 4 rings (SSSR count). The number of benzene rings is 3. The average Bonchev–Trinajstić information content (AvgIpc) is 2.90. The van der Waals surface area contributed by atoms with Gasteiger partial charge in [-0.15, -0.1) is 5.11 Å². The van der Waals surface area contributed by atoms with Gasteiger partial charge in [-0.05, 0) is 48.5 Å². The predicted molar refractivity (Wildman–Crippen MR) is 136 cm³/mol.